The van der Waals surface area contributed by atoms with Crippen molar-refractivity contribution in [3.63, 3.8) is 0 Å². The van der Waals surface area contributed by atoms with E-state index in [4.69, 9.17) is 14.2 Å². The number of hydrogen-bond acceptors (Lipinski definition) is 4. The van der Waals surface area contributed by atoms with Gasteiger partial charge in [0.2, 0.25) is 6.79 Å². The Kier molecular flexibility index (Phi) is 3.07. The molecule has 2 aliphatic rings. The molecule has 0 saturated heterocycles. The van der Waals surface area contributed by atoms with Crippen LogP contribution in [0, 0.1) is 0 Å². The lowest BCUT2D eigenvalue weighted by Crippen LogP contribution is -2.04. The van der Waals surface area contributed by atoms with Crippen molar-refractivity contribution in [1.82, 2.24) is 0 Å². The molecule has 21 heavy (non-hydrogen) atoms. The summed E-state index contributed by atoms with van der Waals surface area (Å²) < 4.78 is 16.2. The summed E-state index contributed by atoms with van der Waals surface area (Å²) in [6.45, 7) is 2.02. The first-order valence-corrected chi connectivity index (χ1v) is 7.27. The van der Waals surface area contributed by atoms with Crippen LogP contribution < -0.4 is 19.5 Å². The zero-order valence-electron chi connectivity index (χ0n) is 11.7. The molecule has 0 aromatic heterocycles. The minimum atomic E-state index is 0.315. The highest BCUT2D eigenvalue weighted by molar-refractivity contribution is 5.55. The number of rotatable bonds is 4. The van der Waals surface area contributed by atoms with Gasteiger partial charge in [0.25, 0.3) is 0 Å². The van der Waals surface area contributed by atoms with E-state index in [0.29, 0.717) is 6.79 Å². The third-order valence-corrected chi connectivity index (χ3v) is 3.87. The van der Waals surface area contributed by atoms with Gasteiger partial charge in [0.05, 0.1) is 6.61 Å². The van der Waals surface area contributed by atoms with Crippen molar-refractivity contribution >= 4 is 5.69 Å². The Morgan fingerprint density at radius 1 is 0.905 bits per heavy atom. The molecule has 2 aliphatic heterocycles. The quantitative estimate of drug-likeness (QED) is 0.936. The minimum Gasteiger partial charge on any atom is -0.493 e. The Labute approximate surface area is 123 Å². The maximum absolute atomic E-state index is 5.53. The number of hydrogen-bond donors (Lipinski definition) is 1. The first-order chi connectivity index (χ1) is 10.4. The largest absolute Gasteiger partial charge is 0.493 e. The molecule has 0 atom stereocenters. The van der Waals surface area contributed by atoms with Crippen molar-refractivity contribution in [2.24, 2.45) is 0 Å². The summed E-state index contributed by atoms with van der Waals surface area (Å²) in [7, 11) is 0. The van der Waals surface area contributed by atoms with Crippen molar-refractivity contribution < 1.29 is 14.2 Å². The molecule has 1 N–H and O–H groups in total. The van der Waals surface area contributed by atoms with Crippen LogP contribution in [-0.4, -0.2) is 19.9 Å². The Balaban J connectivity index is 1.37. The van der Waals surface area contributed by atoms with Crippen LogP contribution in [0.4, 0.5) is 5.69 Å². The zero-order chi connectivity index (χ0) is 14.1. The Morgan fingerprint density at radius 3 is 2.81 bits per heavy atom. The minimum absolute atomic E-state index is 0.315. The van der Waals surface area contributed by atoms with E-state index in [0.717, 1.165) is 48.9 Å². The van der Waals surface area contributed by atoms with Gasteiger partial charge in [0, 0.05) is 24.7 Å². The fourth-order valence-electron chi connectivity index (χ4n) is 2.75. The van der Waals surface area contributed by atoms with E-state index >= 15 is 0 Å². The summed E-state index contributed by atoms with van der Waals surface area (Å²) in [5.74, 6) is 2.68. The number of nitrogens with one attached hydrogen (secondary N) is 1. The molecule has 2 aromatic carbocycles. The van der Waals surface area contributed by atoms with E-state index in [-0.39, 0.29) is 0 Å². The molecule has 2 aromatic rings. The highest BCUT2D eigenvalue weighted by Crippen LogP contribution is 2.34. The molecule has 0 unspecified atom stereocenters. The lowest BCUT2D eigenvalue weighted by atomic mass is 10.1. The smallest absolute Gasteiger partial charge is 0.231 e. The zero-order valence-corrected chi connectivity index (χ0v) is 11.7. The van der Waals surface area contributed by atoms with Crippen molar-refractivity contribution in [2.75, 3.05) is 25.3 Å². The molecule has 0 fully saturated rings. The predicted octanol–water partition coefficient (Wildman–Crippen LogP) is 3.00. The van der Waals surface area contributed by atoms with Gasteiger partial charge in [-0.3, -0.25) is 0 Å². The summed E-state index contributed by atoms with van der Waals surface area (Å²) in [6.07, 6.45) is 2.01. The first-order valence-electron chi connectivity index (χ1n) is 7.27. The van der Waals surface area contributed by atoms with Crippen LogP contribution in [0.15, 0.2) is 36.4 Å². The molecular weight excluding hydrogens is 266 g/mol. The highest BCUT2D eigenvalue weighted by atomic mass is 16.7. The average molecular weight is 283 g/mol. The SMILES string of the molecule is c1cc2c(cc1CCNc1ccc3c(c1)OCO3)CCO2. The van der Waals surface area contributed by atoms with Gasteiger partial charge in [-0.05, 0) is 35.7 Å². The van der Waals surface area contributed by atoms with E-state index in [1.807, 2.05) is 18.2 Å². The van der Waals surface area contributed by atoms with Crippen molar-refractivity contribution in [3.05, 3.63) is 47.5 Å². The highest BCUT2D eigenvalue weighted by Gasteiger charge is 2.13. The van der Waals surface area contributed by atoms with Crippen LogP contribution in [0.25, 0.3) is 0 Å². The molecule has 0 spiro atoms. The van der Waals surface area contributed by atoms with Gasteiger partial charge in [0.15, 0.2) is 11.5 Å². The average Bonchev–Trinajstić information content (AvgIpc) is 3.14. The van der Waals surface area contributed by atoms with Gasteiger partial charge in [-0.25, -0.2) is 0 Å². The lowest BCUT2D eigenvalue weighted by Gasteiger charge is -2.08. The molecule has 0 saturated carbocycles. The van der Waals surface area contributed by atoms with Crippen LogP contribution in [0.2, 0.25) is 0 Å². The molecule has 0 bridgehead atoms. The van der Waals surface area contributed by atoms with Gasteiger partial charge in [0.1, 0.15) is 5.75 Å². The van der Waals surface area contributed by atoms with E-state index in [1.54, 1.807) is 0 Å². The second-order valence-electron chi connectivity index (χ2n) is 5.29. The fraction of sp³-hybridized carbons (Fsp3) is 0.294. The topological polar surface area (TPSA) is 39.7 Å². The number of ether oxygens (including phenoxy) is 3. The molecule has 0 aliphatic carbocycles. The predicted molar refractivity (Wildman–Crippen MR) is 80.4 cm³/mol. The summed E-state index contributed by atoms with van der Waals surface area (Å²) in [5, 5.41) is 3.42. The van der Waals surface area contributed by atoms with Crippen LogP contribution in [0.3, 0.4) is 0 Å². The van der Waals surface area contributed by atoms with Crippen LogP contribution in [0.1, 0.15) is 11.1 Å². The van der Waals surface area contributed by atoms with Crippen LogP contribution in [0.5, 0.6) is 17.2 Å². The summed E-state index contributed by atoms with van der Waals surface area (Å²) in [4.78, 5) is 0. The molecule has 0 amide bonds. The molecule has 2 heterocycles. The molecule has 4 rings (SSSR count). The normalized spacial score (nSPS) is 14.7. The second-order valence-corrected chi connectivity index (χ2v) is 5.29. The number of anilines is 1. The third-order valence-electron chi connectivity index (χ3n) is 3.87. The van der Waals surface area contributed by atoms with Gasteiger partial charge in [-0.1, -0.05) is 12.1 Å². The summed E-state index contributed by atoms with van der Waals surface area (Å²) in [6, 6.07) is 12.4. The third kappa shape index (κ3) is 2.49. The van der Waals surface area contributed by atoms with E-state index in [9.17, 15) is 0 Å². The van der Waals surface area contributed by atoms with Gasteiger partial charge in [-0.2, -0.15) is 0 Å². The van der Waals surface area contributed by atoms with E-state index in [1.165, 1.54) is 11.1 Å². The molecular formula is C17H17NO3. The lowest BCUT2D eigenvalue weighted by molar-refractivity contribution is 0.174. The van der Waals surface area contributed by atoms with Crippen molar-refractivity contribution in [1.29, 1.82) is 0 Å². The molecule has 4 heteroatoms. The fourth-order valence-corrected chi connectivity index (χ4v) is 2.75. The molecule has 108 valence electrons. The number of benzene rings is 2. The van der Waals surface area contributed by atoms with Gasteiger partial charge >= 0.3 is 0 Å². The van der Waals surface area contributed by atoms with Crippen LogP contribution in [-0.2, 0) is 12.8 Å². The van der Waals surface area contributed by atoms with Gasteiger partial charge in [-0.15, -0.1) is 0 Å². The Hall–Kier alpha value is -2.36. The van der Waals surface area contributed by atoms with Gasteiger partial charge < -0.3 is 19.5 Å². The first kappa shape index (κ1) is 12.4. The summed E-state index contributed by atoms with van der Waals surface area (Å²) in [5.41, 5.74) is 3.73. The maximum atomic E-state index is 5.53. The number of fused-ring (bicyclic) bond motifs is 2. The van der Waals surface area contributed by atoms with E-state index < -0.39 is 0 Å². The standard InChI is InChI=1S/C17H17NO3/c1-3-15-13(6-8-19-15)9-12(1)5-7-18-14-2-4-16-17(10-14)21-11-20-16/h1-4,9-10,18H,5-8,11H2. The monoisotopic (exact) mass is 283 g/mol. The summed E-state index contributed by atoms with van der Waals surface area (Å²) >= 11 is 0. The molecule has 0 radical (unpaired) electrons. The molecule has 4 nitrogen and oxygen atoms in total. The Bertz CT molecular complexity index is 612. The van der Waals surface area contributed by atoms with Crippen molar-refractivity contribution in [3.8, 4) is 17.2 Å². The maximum Gasteiger partial charge on any atom is 0.231 e. The van der Waals surface area contributed by atoms with Crippen molar-refractivity contribution in [2.45, 2.75) is 12.8 Å². The van der Waals surface area contributed by atoms with Crippen LogP contribution >= 0.6 is 0 Å². The second kappa shape index (κ2) is 5.20. The van der Waals surface area contributed by atoms with E-state index in [2.05, 4.69) is 23.5 Å². The Morgan fingerprint density at radius 2 is 1.81 bits per heavy atom.